The highest BCUT2D eigenvalue weighted by Gasteiger charge is 2.21. The predicted octanol–water partition coefficient (Wildman–Crippen LogP) is 2.95. The molecular weight excluding hydrogens is 323 g/mol. The summed E-state index contributed by atoms with van der Waals surface area (Å²) in [6, 6.07) is 6.82. The highest BCUT2D eigenvalue weighted by atomic mass is 32.1. The molecule has 1 aliphatic rings. The molecule has 0 radical (unpaired) electrons. The quantitative estimate of drug-likeness (QED) is 0.795. The zero-order valence-corrected chi connectivity index (χ0v) is 14.4. The van der Waals surface area contributed by atoms with Crippen LogP contribution in [-0.4, -0.2) is 28.0 Å². The van der Waals surface area contributed by atoms with Crippen molar-refractivity contribution in [2.45, 2.75) is 25.9 Å². The summed E-state index contributed by atoms with van der Waals surface area (Å²) in [5.74, 6) is -0.186. The number of hydrogen-bond acceptors (Lipinski definition) is 4. The van der Waals surface area contributed by atoms with E-state index in [4.69, 9.17) is 5.41 Å². The van der Waals surface area contributed by atoms with Gasteiger partial charge in [0.05, 0.1) is 11.7 Å². The van der Waals surface area contributed by atoms with Gasteiger partial charge < -0.3 is 9.47 Å². The van der Waals surface area contributed by atoms with E-state index in [1.165, 1.54) is 16.5 Å². The van der Waals surface area contributed by atoms with Crippen LogP contribution in [0, 0.1) is 11.2 Å². The summed E-state index contributed by atoms with van der Waals surface area (Å²) in [6.45, 7) is 2.51. The number of aromatic nitrogens is 2. The first-order chi connectivity index (χ1) is 11.6. The molecule has 0 fully saturated rings. The molecule has 1 aromatic carbocycles. The summed E-state index contributed by atoms with van der Waals surface area (Å²) in [5, 5.41) is 9.57. The lowest BCUT2D eigenvalue weighted by atomic mass is 10.1. The van der Waals surface area contributed by atoms with Gasteiger partial charge in [0, 0.05) is 24.5 Å². The predicted molar refractivity (Wildman–Crippen MR) is 93.6 cm³/mol. The fraction of sp³-hybridized carbons (Fsp3) is 0.333. The molecule has 0 saturated heterocycles. The topological polar surface area (TPSA) is 44.9 Å². The van der Waals surface area contributed by atoms with Gasteiger partial charge in [-0.3, -0.25) is 5.41 Å². The fourth-order valence-corrected chi connectivity index (χ4v) is 4.55. The molecule has 2 aromatic heterocycles. The van der Waals surface area contributed by atoms with E-state index in [-0.39, 0.29) is 5.82 Å². The van der Waals surface area contributed by atoms with Crippen LogP contribution >= 0.6 is 11.3 Å². The number of nitrogens with zero attached hydrogens (tertiary/aromatic N) is 3. The first-order valence-electron chi connectivity index (χ1n) is 8.09. The molecule has 6 heteroatoms. The number of fused-ring (bicyclic) bond motifs is 3. The van der Waals surface area contributed by atoms with Gasteiger partial charge in [-0.25, -0.2) is 9.37 Å². The number of aryl methyl sites for hydroxylation is 2. The largest absolute Gasteiger partial charge is 0.317 e. The number of benzene rings is 1. The fourth-order valence-electron chi connectivity index (χ4n) is 3.29. The third-order valence-corrected chi connectivity index (χ3v) is 5.77. The van der Waals surface area contributed by atoms with Crippen molar-refractivity contribution in [1.82, 2.24) is 14.5 Å². The van der Waals surface area contributed by atoms with Crippen molar-refractivity contribution in [3.63, 3.8) is 0 Å². The first-order valence-corrected chi connectivity index (χ1v) is 8.91. The molecule has 124 valence electrons. The standard InChI is InChI=1S/C18H19FN4S/c1-22-8-7-13-15(10-22)24-18-16(13)17(20)23(11-21-18)9-6-12-4-2-3-5-14(12)19/h2-5,11,20H,6-10H2,1H3. The number of likely N-dealkylation sites (N-methyl/N-ethyl adjacent to an activating group) is 1. The molecule has 1 aliphatic heterocycles. The number of rotatable bonds is 3. The zero-order chi connectivity index (χ0) is 16.7. The molecule has 4 nitrogen and oxygen atoms in total. The van der Waals surface area contributed by atoms with E-state index in [1.54, 1.807) is 29.8 Å². The van der Waals surface area contributed by atoms with Gasteiger partial charge in [0.1, 0.15) is 16.1 Å². The number of nitrogens with one attached hydrogen (secondary N) is 1. The van der Waals surface area contributed by atoms with Gasteiger partial charge in [-0.15, -0.1) is 11.3 Å². The molecule has 0 atom stereocenters. The Morgan fingerprint density at radius 1 is 1.33 bits per heavy atom. The Morgan fingerprint density at radius 3 is 3.00 bits per heavy atom. The van der Waals surface area contributed by atoms with Gasteiger partial charge >= 0.3 is 0 Å². The number of hydrogen-bond donors (Lipinski definition) is 1. The second-order valence-electron chi connectivity index (χ2n) is 6.30. The molecule has 0 aliphatic carbocycles. The lowest BCUT2D eigenvalue weighted by Gasteiger charge is -2.22. The monoisotopic (exact) mass is 342 g/mol. The van der Waals surface area contributed by atoms with E-state index in [2.05, 4.69) is 16.9 Å². The van der Waals surface area contributed by atoms with Crippen molar-refractivity contribution in [2.24, 2.45) is 0 Å². The first kappa shape index (κ1) is 15.5. The summed E-state index contributed by atoms with van der Waals surface area (Å²) in [6.07, 6.45) is 3.25. The Bertz CT molecular complexity index is 959. The van der Waals surface area contributed by atoms with Gasteiger partial charge in [-0.05, 0) is 37.1 Å². The average molecular weight is 342 g/mol. The van der Waals surface area contributed by atoms with Crippen LogP contribution < -0.4 is 5.49 Å². The van der Waals surface area contributed by atoms with Crippen LogP contribution in [0.3, 0.4) is 0 Å². The highest BCUT2D eigenvalue weighted by molar-refractivity contribution is 7.18. The molecule has 24 heavy (non-hydrogen) atoms. The number of halogens is 1. The average Bonchev–Trinajstić information content (AvgIpc) is 2.93. The highest BCUT2D eigenvalue weighted by Crippen LogP contribution is 2.31. The van der Waals surface area contributed by atoms with E-state index in [0.29, 0.717) is 24.0 Å². The van der Waals surface area contributed by atoms with Crippen LogP contribution in [0.5, 0.6) is 0 Å². The maximum Gasteiger partial charge on any atom is 0.136 e. The molecular formula is C18H19FN4S. The molecule has 0 bridgehead atoms. The third-order valence-electron chi connectivity index (χ3n) is 4.65. The summed E-state index contributed by atoms with van der Waals surface area (Å²) >= 11 is 1.70. The summed E-state index contributed by atoms with van der Waals surface area (Å²) in [7, 11) is 2.12. The molecule has 0 unspecified atom stereocenters. The molecule has 0 saturated carbocycles. The summed E-state index contributed by atoms with van der Waals surface area (Å²) < 4.78 is 15.6. The summed E-state index contributed by atoms with van der Waals surface area (Å²) in [5.41, 5.74) is 2.46. The van der Waals surface area contributed by atoms with Crippen LogP contribution in [0.2, 0.25) is 0 Å². The Balaban J connectivity index is 1.69. The smallest absolute Gasteiger partial charge is 0.136 e. The lowest BCUT2D eigenvalue weighted by Crippen LogP contribution is -2.27. The van der Waals surface area contributed by atoms with Crippen LogP contribution in [0.4, 0.5) is 4.39 Å². The molecule has 4 rings (SSSR count). The van der Waals surface area contributed by atoms with E-state index >= 15 is 0 Å². The lowest BCUT2D eigenvalue weighted by molar-refractivity contribution is 0.318. The Hall–Kier alpha value is -2.05. The van der Waals surface area contributed by atoms with Crippen LogP contribution in [0.25, 0.3) is 10.2 Å². The van der Waals surface area contributed by atoms with Crippen molar-refractivity contribution >= 4 is 21.6 Å². The van der Waals surface area contributed by atoms with E-state index in [0.717, 1.165) is 29.7 Å². The van der Waals surface area contributed by atoms with Crippen LogP contribution in [0.1, 0.15) is 16.0 Å². The molecule has 0 spiro atoms. The Morgan fingerprint density at radius 2 is 2.17 bits per heavy atom. The summed E-state index contributed by atoms with van der Waals surface area (Å²) in [4.78, 5) is 9.13. The second-order valence-corrected chi connectivity index (χ2v) is 7.38. The van der Waals surface area contributed by atoms with E-state index in [1.807, 2.05) is 10.6 Å². The Labute approximate surface area is 143 Å². The number of thiophene rings is 1. The molecule has 3 heterocycles. The van der Waals surface area contributed by atoms with Gasteiger partial charge in [0.2, 0.25) is 0 Å². The minimum Gasteiger partial charge on any atom is -0.317 e. The molecule has 1 N–H and O–H groups in total. The van der Waals surface area contributed by atoms with Crippen LogP contribution in [0.15, 0.2) is 30.6 Å². The van der Waals surface area contributed by atoms with Crippen molar-refractivity contribution in [3.8, 4) is 0 Å². The maximum atomic E-state index is 13.8. The van der Waals surface area contributed by atoms with Gasteiger partial charge in [-0.2, -0.15) is 0 Å². The van der Waals surface area contributed by atoms with Crippen molar-refractivity contribution in [1.29, 1.82) is 5.41 Å². The molecule has 3 aromatic rings. The SMILES string of the molecule is CN1CCc2c(sc3ncn(CCc4ccccc4F)c(=N)c23)C1. The van der Waals surface area contributed by atoms with E-state index < -0.39 is 0 Å². The van der Waals surface area contributed by atoms with E-state index in [9.17, 15) is 4.39 Å². The second kappa shape index (κ2) is 6.11. The van der Waals surface area contributed by atoms with Crippen LogP contribution in [-0.2, 0) is 25.9 Å². The van der Waals surface area contributed by atoms with Gasteiger partial charge in [0.15, 0.2) is 0 Å². The maximum absolute atomic E-state index is 13.8. The van der Waals surface area contributed by atoms with Crippen molar-refractivity contribution in [3.05, 3.63) is 57.9 Å². The zero-order valence-electron chi connectivity index (χ0n) is 13.6. The minimum absolute atomic E-state index is 0.186. The van der Waals surface area contributed by atoms with Gasteiger partial charge in [0.25, 0.3) is 0 Å². The normalized spacial score (nSPS) is 14.9. The minimum atomic E-state index is -0.186. The van der Waals surface area contributed by atoms with Crippen molar-refractivity contribution in [2.75, 3.05) is 13.6 Å². The van der Waals surface area contributed by atoms with Crippen molar-refractivity contribution < 1.29 is 4.39 Å². The third kappa shape index (κ3) is 2.65. The Kier molecular flexibility index (Phi) is 3.94. The molecule has 0 amide bonds. The van der Waals surface area contributed by atoms with Gasteiger partial charge in [-0.1, -0.05) is 18.2 Å².